The SMILES string of the molecule is CCNCS(=O)(=O)NC(=S)c1ccc(C(C)(C)C)cc1. The van der Waals surface area contributed by atoms with E-state index in [9.17, 15) is 8.42 Å². The van der Waals surface area contributed by atoms with Crippen LogP contribution in [0.25, 0.3) is 0 Å². The van der Waals surface area contributed by atoms with Crippen molar-refractivity contribution in [1.82, 2.24) is 10.0 Å². The molecule has 112 valence electrons. The first-order chi connectivity index (χ1) is 9.15. The Morgan fingerprint density at radius 1 is 1.20 bits per heavy atom. The lowest BCUT2D eigenvalue weighted by atomic mass is 9.87. The van der Waals surface area contributed by atoms with Crippen molar-refractivity contribution in [2.45, 2.75) is 33.1 Å². The minimum atomic E-state index is -3.43. The van der Waals surface area contributed by atoms with Crippen molar-refractivity contribution in [1.29, 1.82) is 0 Å². The normalized spacial score (nSPS) is 12.2. The van der Waals surface area contributed by atoms with Crippen molar-refractivity contribution in [3.8, 4) is 0 Å². The molecule has 0 saturated heterocycles. The van der Waals surface area contributed by atoms with Crippen molar-refractivity contribution >= 4 is 27.2 Å². The Bertz CT molecular complexity index is 558. The standard InChI is InChI=1S/C14H22N2O2S2/c1-5-15-10-20(17,18)16-13(19)11-6-8-12(9-7-11)14(2,3)4/h6-9,15H,5,10H2,1-4H3,(H,16,19). The molecule has 2 N–H and O–H groups in total. The molecule has 0 aliphatic carbocycles. The highest BCUT2D eigenvalue weighted by molar-refractivity contribution is 7.91. The monoisotopic (exact) mass is 314 g/mol. The van der Waals surface area contributed by atoms with Gasteiger partial charge in [0.25, 0.3) is 0 Å². The zero-order chi connectivity index (χ0) is 15.4. The van der Waals surface area contributed by atoms with E-state index in [0.717, 1.165) is 0 Å². The summed E-state index contributed by atoms with van der Waals surface area (Å²) in [6, 6.07) is 7.64. The van der Waals surface area contributed by atoms with E-state index in [1.807, 2.05) is 31.2 Å². The van der Waals surface area contributed by atoms with Crippen LogP contribution in [0.3, 0.4) is 0 Å². The highest BCUT2D eigenvalue weighted by Gasteiger charge is 2.15. The Morgan fingerprint density at radius 2 is 1.75 bits per heavy atom. The predicted octanol–water partition coefficient (Wildman–Crippen LogP) is 2.15. The number of thiocarbonyl (C=S) groups is 1. The zero-order valence-electron chi connectivity index (χ0n) is 12.4. The summed E-state index contributed by atoms with van der Waals surface area (Å²) in [4.78, 5) is 0.225. The van der Waals surface area contributed by atoms with Crippen molar-refractivity contribution in [2.24, 2.45) is 0 Å². The average Bonchev–Trinajstić information content (AvgIpc) is 2.35. The number of sulfonamides is 1. The van der Waals surface area contributed by atoms with Gasteiger partial charge in [0.1, 0.15) is 10.9 Å². The topological polar surface area (TPSA) is 58.2 Å². The molecule has 1 rings (SSSR count). The summed E-state index contributed by atoms with van der Waals surface area (Å²) in [5, 5.41) is 2.76. The van der Waals surface area contributed by atoms with Crippen LogP contribution in [0.4, 0.5) is 0 Å². The molecule has 0 radical (unpaired) electrons. The number of nitrogens with one attached hydrogen (secondary N) is 2. The lowest BCUT2D eigenvalue weighted by Crippen LogP contribution is -2.36. The lowest BCUT2D eigenvalue weighted by Gasteiger charge is -2.19. The molecule has 0 aliphatic rings. The van der Waals surface area contributed by atoms with Crippen LogP contribution in [0.2, 0.25) is 0 Å². The Labute approximate surface area is 127 Å². The van der Waals surface area contributed by atoms with Gasteiger partial charge < -0.3 is 5.32 Å². The van der Waals surface area contributed by atoms with Crippen LogP contribution in [0, 0.1) is 0 Å². The molecular weight excluding hydrogens is 292 g/mol. The summed E-state index contributed by atoms with van der Waals surface area (Å²) >= 11 is 5.14. The van der Waals surface area contributed by atoms with Crippen LogP contribution >= 0.6 is 12.2 Å². The van der Waals surface area contributed by atoms with Gasteiger partial charge in [-0.3, -0.25) is 4.72 Å². The van der Waals surface area contributed by atoms with E-state index in [1.54, 1.807) is 0 Å². The maximum absolute atomic E-state index is 11.7. The second kappa shape index (κ2) is 6.65. The predicted molar refractivity (Wildman–Crippen MR) is 87.4 cm³/mol. The number of hydrogen-bond acceptors (Lipinski definition) is 4. The summed E-state index contributed by atoms with van der Waals surface area (Å²) in [5.74, 6) is -0.135. The van der Waals surface area contributed by atoms with Gasteiger partial charge in [0.05, 0.1) is 0 Å². The third kappa shape index (κ3) is 5.19. The van der Waals surface area contributed by atoms with Gasteiger partial charge in [0.2, 0.25) is 10.0 Å². The van der Waals surface area contributed by atoms with E-state index in [4.69, 9.17) is 12.2 Å². The van der Waals surface area contributed by atoms with Gasteiger partial charge in [0.15, 0.2) is 0 Å². The molecule has 0 atom stereocenters. The zero-order valence-corrected chi connectivity index (χ0v) is 14.0. The molecular formula is C14H22N2O2S2. The second-order valence-corrected chi connectivity index (χ2v) is 7.75. The average molecular weight is 314 g/mol. The molecule has 0 bridgehead atoms. The van der Waals surface area contributed by atoms with Gasteiger partial charge in [-0.25, -0.2) is 8.42 Å². The summed E-state index contributed by atoms with van der Waals surface area (Å²) in [6.07, 6.45) is 0. The lowest BCUT2D eigenvalue weighted by molar-refractivity contribution is 0.585. The van der Waals surface area contributed by atoms with Gasteiger partial charge in [-0.15, -0.1) is 0 Å². The molecule has 1 aromatic rings. The number of hydrogen-bond donors (Lipinski definition) is 2. The Balaban J connectivity index is 2.79. The maximum atomic E-state index is 11.7. The molecule has 4 nitrogen and oxygen atoms in total. The van der Waals surface area contributed by atoms with Crippen LogP contribution in [0.15, 0.2) is 24.3 Å². The molecule has 0 aromatic heterocycles. The second-order valence-electron chi connectivity index (χ2n) is 5.62. The molecule has 0 heterocycles. The summed E-state index contributed by atoms with van der Waals surface area (Å²) < 4.78 is 25.9. The van der Waals surface area contributed by atoms with Gasteiger partial charge >= 0.3 is 0 Å². The fraction of sp³-hybridized carbons (Fsp3) is 0.500. The Morgan fingerprint density at radius 3 is 2.20 bits per heavy atom. The number of benzene rings is 1. The quantitative estimate of drug-likeness (QED) is 0.818. The first-order valence-corrected chi connectivity index (χ1v) is 8.58. The van der Waals surface area contributed by atoms with Crippen LogP contribution in [-0.4, -0.2) is 25.8 Å². The van der Waals surface area contributed by atoms with E-state index in [1.165, 1.54) is 5.56 Å². The summed E-state index contributed by atoms with van der Waals surface area (Å²) in [6.45, 7) is 8.81. The van der Waals surface area contributed by atoms with E-state index in [-0.39, 0.29) is 16.3 Å². The van der Waals surface area contributed by atoms with E-state index >= 15 is 0 Å². The van der Waals surface area contributed by atoms with Crippen molar-refractivity contribution in [2.75, 3.05) is 12.4 Å². The first kappa shape index (κ1) is 17.1. The molecule has 0 amide bonds. The minimum Gasteiger partial charge on any atom is -0.302 e. The first-order valence-electron chi connectivity index (χ1n) is 6.52. The van der Waals surface area contributed by atoms with Crippen LogP contribution in [-0.2, 0) is 15.4 Å². The highest BCUT2D eigenvalue weighted by atomic mass is 32.2. The van der Waals surface area contributed by atoms with Crippen LogP contribution in [0.1, 0.15) is 38.8 Å². The molecule has 0 spiro atoms. The van der Waals surface area contributed by atoms with E-state index in [2.05, 4.69) is 30.8 Å². The third-order valence-corrected chi connectivity index (χ3v) is 4.37. The Kier molecular flexibility index (Phi) is 5.68. The van der Waals surface area contributed by atoms with Crippen LogP contribution in [0.5, 0.6) is 0 Å². The van der Waals surface area contributed by atoms with Crippen molar-refractivity contribution in [3.63, 3.8) is 0 Å². The van der Waals surface area contributed by atoms with Gasteiger partial charge in [-0.1, -0.05) is 64.2 Å². The molecule has 0 saturated carbocycles. The molecule has 20 heavy (non-hydrogen) atoms. The summed E-state index contributed by atoms with van der Waals surface area (Å²) in [5.41, 5.74) is 1.94. The largest absolute Gasteiger partial charge is 0.302 e. The number of rotatable bonds is 5. The molecule has 1 aromatic carbocycles. The minimum absolute atomic E-state index is 0.0602. The van der Waals surface area contributed by atoms with E-state index in [0.29, 0.717) is 12.1 Å². The molecule has 0 aliphatic heterocycles. The third-order valence-electron chi connectivity index (χ3n) is 2.80. The molecule has 0 fully saturated rings. The van der Waals surface area contributed by atoms with Crippen molar-refractivity contribution in [3.05, 3.63) is 35.4 Å². The molecule has 6 heteroatoms. The van der Waals surface area contributed by atoms with Crippen molar-refractivity contribution < 1.29 is 8.42 Å². The Hall–Kier alpha value is -0.980. The van der Waals surface area contributed by atoms with Gasteiger partial charge in [0, 0.05) is 5.56 Å². The van der Waals surface area contributed by atoms with Gasteiger partial charge in [-0.05, 0) is 17.5 Å². The highest BCUT2D eigenvalue weighted by Crippen LogP contribution is 2.22. The maximum Gasteiger partial charge on any atom is 0.246 e. The fourth-order valence-corrected chi connectivity index (χ4v) is 3.06. The fourth-order valence-electron chi connectivity index (χ4n) is 1.59. The summed E-state index contributed by atoms with van der Waals surface area (Å²) in [7, 11) is -3.43. The van der Waals surface area contributed by atoms with Crippen LogP contribution < -0.4 is 10.0 Å². The van der Waals surface area contributed by atoms with E-state index < -0.39 is 10.0 Å². The van der Waals surface area contributed by atoms with Gasteiger partial charge in [-0.2, -0.15) is 0 Å². The molecule has 0 unspecified atom stereocenters. The smallest absolute Gasteiger partial charge is 0.246 e.